The second-order valence-corrected chi connectivity index (χ2v) is 12.9. The number of amides is 2. The highest BCUT2D eigenvalue weighted by molar-refractivity contribution is 7.92. The molecular formula is C34H35Cl2N3O5S. The SMILES string of the molecule is CCCNC(=O)[C@H](Cc1ccccc1)N(Cc1c(Cl)cccc1Cl)C(=O)CN(c1ccccc1OC)S(=O)(=O)c1ccccc1. The Kier molecular flexibility index (Phi) is 11.9. The number of rotatable bonds is 14. The fourth-order valence-electron chi connectivity index (χ4n) is 4.84. The molecule has 4 rings (SSSR count). The Morgan fingerprint density at radius 1 is 0.844 bits per heavy atom. The van der Waals surface area contributed by atoms with Gasteiger partial charge in [-0.05, 0) is 48.4 Å². The van der Waals surface area contributed by atoms with Gasteiger partial charge in [0.1, 0.15) is 18.3 Å². The van der Waals surface area contributed by atoms with Crippen LogP contribution in [-0.4, -0.2) is 51.4 Å². The number of halogens is 2. The number of nitrogens with one attached hydrogen (secondary N) is 1. The molecule has 0 heterocycles. The van der Waals surface area contributed by atoms with Crippen molar-refractivity contribution in [1.29, 1.82) is 0 Å². The van der Waals surface area contributed by atoms with Crippen LogP contribution in [0, 0.1) is 0 Å². The van der Waals surface area contributed by atoms with E-state index in [1.807, 2.05) is 37.3 Å². The molecule has 236 valence electrons. The summed E-state index contributed by atoms with van der Waals surface area (Å²) in [6.45, 7) is 1.55. The maximum atomic E-state index is 14.6. The topological polar surface area (TPSA) is 96.0 Å². The van der Waals surface area contributed by atoms with Crippen molar-refractivity contribution < 1.29 is 22.7 Å². The third-order valence-corrected chi connectivity index (χ3v) is 9.66. The largest absolute Gasteiger partial charge is 0.495 e. The van der Waals surface area contributed by atoms with Gasteiger partial charge in [0.2, 0.25) is 11.8 Å². The number of hydrogen-bond donors (Lipinski definition) is 1. The van der Waals surface area contributed by atoms with Crippen LogP contribution in [0.3, 0.4) is 0 Å². The minimum atomic E-state index is -4.27. The van der Waals surface area contributed by atoms with Gasteiger partial charge >= 0.3 is 0 Å². The van der Waals surface area contributed by atoms with Gasteiger partial charge < -0.3 is 15.0 Å². The monoisotopic (exact) mass is 667 g/mol. The molecule has 0 saturated carbocycles. The summed E-state index contributed by atoms with van der Waals surface area (Å²) in [5, 5.41) is 3.53. The Bertz CT molecular complexity index is 1690. The van der Waals surface area contributed by atoms with Gasteiger partial charge in [-0.2, -0.15) is 0 Å². The average Bonchev–Trinajstić information content (AvgIpc) is 3.06. The Balaban J connectivity index is 1.85. The van der Waals surface area contributed by atoms with Crippen LogP contribution in [0.15, 0.2) is 108 Å². The third kappa shape index (κ3) is 8.36. The highest BCUT2D eigenvalue weighted by Crippen LogP contribution is 2.33. The molecule has 0 aliphatic heterocycles. The van der Waals surface area contributed by atoms with Crippen LogP contribution in [0.1, 0.15) is 24.5 Å². The molecule has 0 fully saturated rings. The minimum absolute atomic E-state index is 0.00840. The van der Waals surface area contributed by atoms with Gasteiger partial charge in [-0.3, -0.25) is 13.9 Å². The highest BCUT2D eigenvalue weighted by atomic mass is 35.5. The van der Waals surface area contributed by atoms with Crippen LogP contribution in [0.2, 0.25) is 10.0 Å². The lowest BCUT2D eigenvalue weighted by atomic mass is 10.0. The Hall–Kier alpha value is -4.05. The molecule has 0 bridgehead atoms. The summed E-state index contributed by atoms with van der Waals surface area (Å²) in [6.07, 6.45) is 0.856. The zero-order valence-corrected chi connectivity index (χ0v) is 27.4. The van der Waals surface area contributed by atoms with Crippen molar-refractivity contribution in [2.24, 2.45) is 0 Å². The van der Waals surface area contributed by atoms with Crippen molar-refractivity contribution in [3.63, 3.8) is 0 Å². The number of anilines is 1. The first-order valence-corrected chi connectivity index (χ1v) is 16.6. The predicted octanol–water partition coefficient (Wildman–Crippen LogP) is 6.36. The smallest absolute Gasteiger partial charge is 0.264 e. The molecule has 4 aromatic carbocycles. The number of nitrogens with zero attached hydrogens (tertiary/aromatic N) is 2. The molecule has 11 heteroatoms. The van der Waals surface area contributed by atoms with E-state index in [0.29, 0.717) is 28.6 Å². The lowest BCUT2D eigenvalue weighted by Crippen LogP contribution is -2.53. The quantitative estimate of drug-likeness (QED) is 0.169. The molecule has 0 aliphatic rings. The minimum Gasteiger partial charge on any atom is -0.495 e. The molecule has 1 N–H and O–H groups in total. The summed E-state index contributed by atoms with van der Waals surface area (Å²) < 4.78 is 34.8. The molecule has 0 aliphatic carbocycles. The van der Waals surface area contributed by atoms with Crippen LogP contribution in [0.5, 0.6) is 5.75 Å². The number of ether oxygens (including phenoxy) is 1. The van der Waals surface area contributed by atoms with Gasteiger partial charge in [-0.25, -0.2) is 8.42 Å². The van der Waals surface area contributed by atoms with Gasteiger partial charge in [0.25, 0.3) is 10.0 Å². The molecule has 4 aromatic rings. The lowest BCUT2D eigenvalue weighted by Gasteiger charge is -2.34. The highest BCUT2D eigenvalue weighted by Gasteiger charge is 2.36. The number of sulfonamides is 1. The maximum Gasteiger partial charge on any atom is 0.264 e. The van der Waals surface area contributed by atoms with Crippen LogP contribution in [-0.2, 0) is 32.6 Å². The standard InChI is InChI=1S/C34H35Cl2N3O5S/c1-3-21-37-34(41)31(22-25-13-6-4-7-14-25)38(23-27-28(35)17-12-18-29(27)36)33(40)24-39(30-19-10-11-20-32(30)44-2)45(42,43)26-15-8-5-9-16-26/h4-20,31H,3,21-24H2,1-2H3,(H,37,41)/t31-/m0/s1. The van der Waals surface area contributed by atoms with Gasteiger partial charge in [0, 0.05) is 35.1 Å². The molecule has 0 spiro atoms. The number of benzene rings is 4. The van der Waals surface area contributed by atoms with E-state index in [1.54, 1.807) is 60.7 Å². The number of carbonyl (C=O) groups is 2. The molecule has 0 saturated heterocycles. The summed E-state index contributed by atoms with van der Waals surface area (Å²) in [5.41, 5.74) is 1.42. The zero-order chi connectivity index (χ0) is 32.4. The number of methoxy groups -OCH3 is 1. The first-order valence-electron chi connectivity index (χ1n) is 14.4. The molecule has 0 unspecified atom stereocenters. The van der Waals surface area contributed by atoms with Crippen molar-refractivity contribution in [3.8, 4) is 5.75 Å². The van der Waals surface area contributed by atoms with E-state index in [0.717, 1.165) is 9.87 Å². The summed E-state index contributed by atoms with van der Waals surface area (Å²) >= 11 is 13.1. The normalized spacial score (nSPS) is 11.8. The maximum absolute atomic E-state index is 14.6. The van der Waals surface area contributed by atoms with Gasteiger partial charge in [0.15, 0.2) is 0 Å². The Morgan fingerprint density at radius 2 is 1.44 bits per heavy atom. The number of carbonyl (C=O) groups excluding carboxylic acids is 2. The summed E-state index contributed by atoms with van der Waals surface area (Å²) in [4.78, 5) is 29.7. The Labute approximate surface area is 274 Å². The summed E-state index contributed by atoms with van der Waals surface area (Å²) in [6, 6.07) is 27.6. The number of para-hydroxylation sites is 2. The predicted molar refractivity (Wildman–Crippen MR) is 178 cm³/mol. The van der Waals surface area contributed by atoms with Crippen LogP contribution >= 0.6 is 23.2 Å². The van der Waals surface area contributed by atoms with Gasteiger partial charge in [0.05, 0.1) is 17.7 Å². The Morgan fingerprint density at radius 3 is 2.07 bits per heavy atom. The third-order valence-electron chi connectivity index (χ3n) is 7.17. The van der Waals surface area contributed by atoms with Crippen LogP contribution in [0.25, 0.3) is 0 Å². The van der Waals surface area contributed by atoms with Crippen molar-refractivity contribution in [3.05, 3.63) is 124 Å². The average molecular weight is 669 g/mol. The van der Waals surface area contributed by atoms with Crippen LogP contribution < -0.4 is 14.4 Å². The van der Waals surface area contributed by atoms with E-state index in [-0.39, 0.29) is 35.2 Å². The molecular weight excluding hydrogens is 633 g/mol. The van der Waals surface area contributed by atoms with Crippen molar-refractivity contribution in [2.45, 2.75) is 37.2 Å². The van der Waals surface area contributed by atoms with Crippen molar-refractivity contribution >= 4 is 50.7 Å². The molecule has 0 radical (unpaired) electrons. The van der Waals surface area contributed by atoms with Gasteiger partial charge in [-0.15, -0.1) is 0 Å². The van der Waals surface area contributed by atoms with E-state index in [1.165, 1.54) is 24.1 Å². The van der Waals surface area contributed by atoms with Crippen LogP contribution in [0.4, 0.5) is 5.69 Å². The van der Waals surface area contributed by atoms with Gasteiger partial charge in [-0.1, -0.05) is 96.9 Å². The van der Waals surface area contributed by atoms with E-state index in [4.69, 9.17) is 27.9 Å². The first kappa shape index (κ1) is 33.8. The van der Waals surface area contributed by atoms with E-state index < -0.39 is 28.5 Å². The summed E-state index contributed by atoms with van der Waals surface area (Å²) in [7, 11) is -2.85. The lowest BCUT2D eigenvalue weighted by molar-refractivity contribution is -0.140. The number of hydrogen-bond acceptors (Lipinski definition) is 5. The second kappa shape index (κ2) is 15.8. The van der Waals surface area contributed by atoms with Crippen molar-refractivity contribution in [1.82, 2.24) is 10.2 Å². The van der Waals surface area contributed by atoms with E-state index in [2.05, 4.69) is 5.32 Å². The first-order chi connectivity index (χ1) is 21.7. The zero-order valence-electron chi connectivity index (χ0n) is 25.0. The fraction of sp³-hybridized carbons (Fsp3) is 0.235. The molecule has 45 heavy (non-hydrogen) atoms. The molecule has 8 nitrogen and oxygen atoms in total. The molecule has 0 aromatic heterocycles. The fourth-order valence-corrected chi connectivity index (χ4v) is 6.81. The second-order valence-electron chi connectivity index (χ2n) is 10.2. The van der Waals surface area contributed by atoms with E-state index in [9.17, 15) is 18.0 Å². The van der Waals surface area contributed by atoms with Crippen molar-refractivity contribution in [2.75, 3.05) is 24.5 Å². The molecule has 2 amide bonds. The van der Waals surface area contributed by atoms with E-state index >= 15 is 0 Å². The molecule has 1 atom stereocenters. The summed E-state index contributed by atoms with van der Waals surface area (Å²) in [5.74, 6) is -0.761.